The minimum atomic E-state index is 0.458. The topological polar surface area (TPSA) is 47.3 Å². The van der Waals surface area contributed by atoms with Gasteiger partial charge in [-0.15, -0.1) is 0 Å². The van der Waals surface area contributed by atoms with E-state index in [1.165, 1.54) is 64.2 Å². The zero-order valence-electron chi connectivity index (χ0n) is 13.5. The minimum Gasteiger partial charge on any atom is -0.378 e. The third-order valence-electron chi connectivity index (χ3n) is 5.40. The smallest absolute Gasteiger partial charge is 0.0576 e. The first kappa shape index (κ1) is 16.3. The Kier molecular flexibility index (Phi) is 6.31. The lowest BCUT2D eigenvalue weighted by molar-refractivity contribution is 0.0949. The van der Waals surface area contributed by atoms with E-state index in [0.29, 0.717) is 17.6 Å². The molecule has 0 radical (unpaired) electrons. The van der Waals surface area contributed by atoms with E-state index in [0.717, 1.165) is 12.5 Å². The summed E-state index contributed by atoms with van der Waals surface area (Å²) < 4.78 is 5.73. The minimum absolute atomic E-state index is 0.458. The van der Waals surface area contributed by atoms with Crippen LogP contribution >= 0.6 is 0 Å². The second-order valence-electron chi connectivity index (χ2n) is 7.45. The Labute approximate surface area is 125 Å². The SMILES string of the molecule is CC(C)CC1(C(CCCC2CCCO2)NN)CCCC1. The van der Waals surface area contributed by atoms with Crippen LogP contribution in [0.25, 0.3) is 0 Å². The molecule has 1 saturated heterocycles. The second kappa shape index (κ2) is 7.77. The maximum atomic E-state index is 5.93. The normalized spacial score (nSPS) is 27.3. The van der Waals surface area contributed by atoms with Gasteiger partial charge in [0.1, 0.15) is 0 Å². The average molecular weight is 282 g/mol. The maximum Gasteiger partial charge on any atom is 0.0576 e. The molecule has 1 aliphatic carbocycles. The van der Waals surface area contributed by atoms with E-state index in [1.54, 1.807) is 0 Å². The molecule has 1 aliphatic heterocycles. The van der Waals surface area contributed by atoms with E-state index < -0.39 is 0 Å². The van der Waals surface area contributed by atoms with Gasteiger partial charge >= 0.3 is 0 Å². The molecule has 2 atom stereocenters. The molecule has 3 heteroatoms. The van der Waals surface area contributed by atoms with Gasteiger partial charge in [0.05, 0.1) is 6.10 Å². The van der Waals surface area contributed by atoms with Crippen LogP contribution in [0, 0.1) is 11.3 Å². The molecule has 2 unspecified atom stereocenters. The van der Waals surface area contributed by atoms with Crippen LogP contribution in [0.1, 0.15) is 78.1 Å². The molecule has 1 heterocycles. The summed E-state index contributed by atoms with van der Waals surface area (Å²) in [5.41, 5.74) is 3.63. The molecular formula is C17H34N2O. The monoisotopic (exact) mass is 282 g/mol. The molecule has 0 aromatic heterocycles. The van der Waals surface area contributed by atoms with Gasteiger partial charge in [0, 0.05) is 12.6 Å². The first-order valence-electron chi connectivity index (χ1n) is 8.74. The molecule has 2 aliphatic rings. The van der Waals surface area contributed by atoms with Gasteiger partial charge in [-0.25, -0.2) is 0 Å². The predicted octanol–water partition coefficient (Wildman–Crippen LogP) is 3.77. The van der Waals surface area contributed by atoms with Crippen LogP contribution in [0.4, 0.5) is 0 Å². The van der Waals surface area contributed by atoms with Crippen molar-refractivity contribution in [3.8, 4) is 0 Å². The van der Waals surface area contributed by atoms with Crippen LogP contribution < -0.4 is 11.3 Å². The number of nitrogens with two attached hydrogens (primary N) is 1. The maximum absolute atomic E-state index is 5.93. The third-order valence-corrected chi connectivity index (χ3v) is 5.40. The van der Waals surface area contributed by atoms with E-state index in [4.69, 9.17) is 10.6 Å². The molecule has 3 nitrogen and oxygen atoms in total. The standard InChI is InChI=1S/C17H34N2O/c1-14(2)13-17(10-3-4-11-17)16(19-18)9-5-7-15-8-6-12-20-15/h14-16,19H,3-13,18H2,1-2H3. The van der Waals surface area contributed by atoms with Gasteiger partial charge in [-0.3, -0.25) is 11.3 Å². The van der Waals surface area contributed by atoms with Gasteiger partial charge in [0.15, 0.2) is 0 Å². The first-order valence-corrected chi connectivity index (χ1v) is 8.74. The Morgan fingerprint density at radius 2 is 2.00 bits per heavy atom. The zero-order chi connectivity index (χ0) is 14.4. The average Bonchev–Trinajstić information content (AvgIpc) is 3.06. The molecule has 3 N–H and O–H groups in total. The molecule has 20 heavy (non-hydrogen) atoms. The van der Waals surface area contributed by atoms with Crippen molar-refractivity contribution in [3.05, 3.63) is 0 Å². The highest BCUT2D eigenvalue weighted by Gasteiger charge is 2.40. The summed E-state index contributed by atoms with van der Waals surface area (Å²) in [4.78, 5) is 0. The summed E-state index contributed by atoms with van der Waals surface area (Å²) in [6.07, 6.45) is 13.5. The fraction of sp³-hybridized carbons (Fsp3) is 1.00. The summed E-state index contributed by atoms with van der Waals surface area (Å²) in [6, 6.07) is 0.494. The Balaban J connectivity index is 1.83. The third kappa shape index (κ3) is 4.19. The van der Waals surface area contributed by atoms with Crippen LogP contribution in [-0.2, 0) is 4.74 Å². The molecule has 118 valence electrons. The molecule has 2 rings (SSSR count). The van der Waals surface area contributed by atoms with Gasteiger partial charge in [-0.2, -0.15) is 0 Å². The lowest BCUT2D eigenvalue weighted by Gasteiger charge is -2.39. The van der Waals surface area contributed by atoms with E-state index in [9.17, 15) is 0 Å². The molecule has 2 fully saturated rings. The summed E-state index contributed by atoms with van der Waals surface area (Å²) >= 11 is 0. The fourth-order valence-electron chi connectivity index (χ4n) is 4.57. The van der Waals surface area contributed by atoms with Crippen molar-refractivity contribution in [2.75, 3.05) is 6.61 Å². The van der Waals surface area contributed by atoms with Gasteiger partial charge in [0.2, 0.25) is 0 Å². The number of ether oxygens (including phenoxy) is 1. The highest BCUT2D eigenvalue weighted by atomic mass is 16.5. The van der Waals surface area contributed by atoms with Crippen molar-refractivity contribution in [2.24, 2.45) is 17.2 Å². The second-order valence-corrected chi connectivity index (χ2v) is 7.45. The quantitative estimate of drug-likeness (QED) is 0.526. The molecule has 0 amide bonds. The Bertz CT molecular complexity index is 268. The van der Waals surface area contributed by atoms with Gasteiger partial charge in [0.25, 0.3) is 0 Å². The van der Waals surface area contributed by atoms with Crippen LogP contribution in [0.5, 0.6) is 0 Å². The van der Waals surface area contributed by atoms with Crippen LogP contribution in [0.15, 0.2) is 0 Å². The number of hydrazine groups is 1. The lowest BCUT2D eigenvalue weighted by atomic mass is 9.71. The van der Waals surface area contributed by atoms with Crippen LogP contribution in [0.3, 0.4) is 0 Å². The molecule has 0 aromatic carbocycles. The number of rotatable bonds is 8. The molecule has 1 saturated carbocycles. The van der Waals surface area contributed by atoms with Crippen LogP contribution in [0.2, 0.25) is 0 Å². The van der Waals surface area contributed by atoms with Gasteiger partial charge < -0.3 is 4.74 Å². The van der Waals surface area contributed by atoms with E-state index in [1.807, 2.05) is 0 Å². The van der Waals surface area contributed by atoms with Crippen molar-refractivity contribution in [2.45, 2.75) is 90.2 Å². The summed E-state index contributed by atoms with van der Waals surface area (Å²) in [7, 11) is 0. The van der Waals surface area contributed by atoms with Crippen molar-refractivity contribution in [1.82, 2.24) is 5.43 Å². The summed E-state index contributed by atoms with van der Waals surface area (Å²) in [6.45, 7) is 5.67. The van der Waals surface area contributed by atoms with Crippen molar-refractivity contribution in [1.29, 1.82) is 0 Å². The Morgan fingerprint density at radius 1 is 1.25 bits per heavy atom. The van der Waals surface area contributed by atoms with Crippen LogP contribution in [-0.4, -0.2) is 18.8 Å². The highest BCUT2D eigenvalue weighted by molar-refractivity contribution is 4.94. The van der Waals surface area contributed by atoms with Crippen molar-refractivity contribution < 1.29 is 4.74 Å². The van der Waals surface area contributed by atoms with E-state index in [2.05, 4.69) is 19.3 Å². The van der Waals surface area contributed by atoms with E-state index in [-0.39, 0.29) is 0 Å². The molecule has 0 spiro atoms. The van der Waals surface area contributed by atoms with E-state index >= 15 is 0 Å². The number of nitrogens with one attached hydrogen (secondary N) is 1. The predicted molar refractivity (Wildman–Crippen MR) is 84.3 cm³/mol. The summed E-state index contributed by atoms with van der Waals surface area (Å²) in [5.74, 6) is 6.69. The van der Waals surface area contributed by atoms with Gasteiger partial charge in [-0.05, 0) is 62.7 Å². The number of hydrogen-bond donors (Lipinski definition) is 2. The fourth-order valence-corrected chi connectivity index (χ4v) is 4.57. The molecule has 0 aromatic rings. The zero-order valence-corrected chi connectivity index (χ0v) is 13.5. The Morgan fingerprint density at radius 3 is 2.55 bits per heavy atom. The lowest BCUT2D eigenvalue weighted by Crippen LogP contribution is -2.48. The first-order chi connectivity index (χ1) is 9.66. The number of hydrogen-bond acceptors (Lipinski definition) is 3. The summed E-state index contributed by atoms with van der Waals surface area (Å²) in [5, 5.41) is 0. The molecule has 0 bridgehead atoms. The largest absolute Gasteiger partial charge is 0.378 e. The van der Waals surface area contributed by atoms with Gasteiger partial charge in [-0.1, -0.05) is 26.7 Å². The van der Waals surface area contributed by atoms with Crippen molar-refractivity contribution >= 4 is 0 Å². The highest BCUT2D eigenvalue weighted by Crippen LogP contribution is 2.47. The molecular weight excluding hydrogens is 248 g/mol. The Hall–Kier alpha value is -0.120. The van der Waals surface area contributed by atoms with Crippen molar-refractivity contribution in [3.63, 3.8) is 0 Å².